The van der Waals surface area contributed by atoms with Gasteiger partial charge in [-0.15, -0.1) is 0 Å². The van der Waals surface area contributed by atoms with Crippen LogP contribution in [0.3, 0.4) is 0 Å². The quantitative estimate of drug-likeness (QED) is 0.917. The van der Waals surface area contributed by atoms with Gasteiger partial charge >= 0.3 is 0 Å². The molecule has 19 heavy (non-hydrogen) atoms. The van der Waals surface area contributed by atoms with Crippen molar-refractivity contribution >= 4 is 0 Å². The molecule has 0 aliphatic carbocycles. The summed E-state index contributed by atoms with van der Waals surface area (Å²) in [5.41, 5.74) is 1.11. The van der Waals surface area contributed by atoms with Crippen molar-refractivity contribution in [1.29, 1.82) is 0 Å². The van der Waals surface area contributed by atoms with E-state index in [9.17, 15) is 0 Å². The molecule has 1 aromatic heterocycles. The first-order chi connectivity index (χ1) is 9.34. The second kappa shape index (κ2) is 5.36. The van der Waals surface area contributed by atoms with Crippen molar-refractivity contribution < 1.29 is 13.9 Å². The van der Waals surface area contributed by atoms with Crippen molar-refractivity contribution in [2.24, 2.45) is 0 Å². The smallest absolute Gasteiger partial charge is 0.165 e. The molecule has 1 aromatic carbocycles. The van der Waals surface area contributed by atoms with Gasteiger partial charge in [-0.2, -0.15) is 0 Å². The number of nitrogens with one attached hydrogen (secondary N) is 1. The molecule has 0 bridgehead atoms. The summed E-state index contributed by atoms with van der Waals surface area (Å²) in [6, 6.07) is 10.0. The van der Waals surface area contributed by atoms with Crippen molar-refractivity contribution in [1.82, 2.24) is 5.32 Å². The number of hydrogen-bond donors (Lipinski definition) is 1. The molecule has 100 valence electrons. The van der Waals surface area contributed by atoms with Gasteiger partial charge < -0.3 is 19.2 Å². The Morgan fingerprint density at radius 3 is 2.89 bits per heavy atom. The first-order valence-corrected chi connectivity index (χ1v) is 6.49. The minimum atomic E-state index is 0.162. The molecule has 1 atom stereocenters. The van der Waals surface area contributed by atoms with Gasteiger partial charge in [-0.3, -0.25) is 0 Å². The van der Waals surface area contributed by atoms with E-state index in [2.05, 4.69) is 18.3 Å². The van der Waals surface area contributed by atoms with Crippen LogP contribution in [-0.2, 0) is 6.54 Å². The lowest BCUT2D eigenvalue weighted by atomic mass is 10.1. The molecule has 2 aromatic rings. The highest BCUT2D eigenvalue weighted by Gasteiger charge is 2.16. The summed E-state index contributed by atoms with van der Waals surface area (Å²) in [4.78, 5) is 0. The first kappa shape index (κ1) is 12.1. The maximum Gasteiger partial charge on any atom is 0.165 e. The average Bonchev–Trinajstić information content (AvgIpc) is 2.99. The third-order valence-corrected chi connectivity index (χ3v) is 3.22. The topological polar surface area (TPSA) is 43.6 Å². The molecule has 1 aliphatic rings. The van der Waals surface area contributed by atoms with Crippen LogP contribution in [0.4, 0.5) is 0 Å². The molecule has 0 radical (unpaired) electrons. The Bertz CT molecular complexity index is 536. The van der Waals surface area contributed by atoms with E-state index < -0.39 is 0 Å². The summed E-state index contributed by atoms with van der Waals surface area (Å²) < 4.78 is 16.6. The van der Waals surface area contributed by atoms with E-state index in [0.717, 1.165) is 22.8 Å². The first-order valence-electron chi connectivity index (χ1n) is 6.49. The molecule has 0 saturated carbocycles. The standard InChI is InChI=1S/C15H17NO3/c1-11(13-6-3-7-17-13)16-10-12-4-2-5-14-15(12)19-9-8-18-14/h2-7,11,16H,8-10H2,1H3/t11-/m1/s1. The SMILES string of the molecule is C[C@@H](NCc1cccc2c1OCCO2)c1ccco1. The van der Waals surface area contributed by atoms with Gasteiger partial charge in [-0.1, -0.05) is 12.1 Å². The van der Waals surface area contributed by atoms with Crippen LogP contribution in [0, 0.1) is 0 Å². The van der Waals surface area contributed by atoms with E-state index >= 15 is 0 Å². The zero-order chi connectivity index (χ0) is 13.1. The van der Waals surface area contributed by atoms with Crippen molar-refractivity contribution in [3.8, 4) is 11.5 Å². The van der Waals surface area contributed by atoms with Crippen LogP contribution in [-0.4, -0.2) is 13.2 Å². The highest BCUT2D eigenvalue weighted by molar-refractivity contribution is 5.47. The number of hydrogen-bond acceptors (Lipinski definition) is 4. The maximum atomic E-state index is 5.69. The second-order valence-electron chi connectivity index (χ2n) is 4.56. The highest BCUT2D eigenvalue weighted by Crippen LogP contribution is 2.33. The third kappa shape index (κ3) is 2.58. The predicted molar refractivity (Wildman–Crippen MR) is 71.4 cm³/mol. The molecule has 4 heteroatoms. The van der Waals surface area contributed by atoms with E-state index in [1.807, 2.05) is 24.3 Å². The van der Waals surface area contributed by atoms with Crippen LogP contribution in [0.25, 0.3) is 0 Å². The zero-order valence-corrected chi connectivity index (χ0v) is 10.9. The third-order valence-electron chi connectivity index (χ3n) is 3.22. The van der Waals surface area contributed by atoms with E-state index in [4.69, 9.17) is 13.9 Å². The Kier molecular flexibility index (Phi) is 3.42. The van der Waals surface area contributed by atoms with Crippen LogP contribution in [0.5, 0.6) is 11.5 Å². The fraction of sp³-hybridized carbons (Fsp3) is 0.333. The Morgan fingerprint density at radius 2 is 2.05 bits per heavy atom. The highest BCUT2D eigenvalue weighted by atomic mass is 16.6. The van der Waals surface area contributed by atoms with Crippen molar-refractivity contribution in [2.75, 3.05) is 13.2 Å². The van der Waals surface area contributed by atoms with Crippen LogP contribution >= 0.6 is 0 Å². The molecule has 0 fully saturated rings. The summed E-state index contributed by atoms with van der Waals surface area (Å²) in [6.07, 6.45) is 1.69. The van der Waals surface area contributed by atoms with E-state index in [0.29, 0.717) is 19.8 Å². The maximum absolute atomic E-state index is 5.69. The van der Waals surface area contributed by atoms with Crippen molar-refractivity contribution in [3.05, 3.63) is 47.9 Å². The number of rotatable bonds is 4. The minimum Gasteiger partial charge on any atom is -0.486 e. The van der Waals surface area contributed by atoms with Gasteiger partial charge in [-0.05, 0) is 25.1 Å². The molecule has 0 spiro atoms. The van der Waals surface area contributed by atoms with Gasteiger partial charge in [0, 0.05) is 12.1 Å². The Hall–Kier alpha value is -1.94. The molecule has 0 amide bonds. The Balaban J connectivity index is 1.70. The molecule has 0 unspecified atom stereocenters. The van der Waals surface area contributed by atoms with Gasteiger partial charge in [0.2, 0.25) is 0 Å². The van der Waals surface area contributed by atoms with E-state index in [1.165, 1.54) is 0 Å². The van der Waals surface area contributed by atoms with Gasteiger partial charge in [0.25, 0.3) is 0 Å². The van der Waals surface area contributed by atoms with Gasteiger partial charge in [0.15, 0.2) is 11.5 Å². The number of benzene rings is 1. The number of ether oxygens (including phenoxy) is 2. The lowest BCUT2D eigenvalue weighted by Crippen LogP contribution is -2.21. The number of para-hydroxylation sites is 1. The summed E-state index contributed by atoms with van der Waals surface area (Å²) in [5, 5.41) is 3.42. The lowest BCUT2D eigenvalue weighted by molar-refractivity contribution is 0.169. The second-order valence-corrected chi connectivity index (χ2v) is 4.56. The normalized spacial score (nSPS) is 15.2. The predicted octanol–water partition coefficient (Wildman–Crippen LogP) is 2.90. The van der Waals surface area contributed by atoms with Crippen LogP contribution in [0.2, 0.25) is 0 Å². The zero-order valence-electron chi connectivity index (χ0n) is 10.9. The molecular weight excluding hydrogens is 242 g/mol. The largest absolute Gasteiger partial charge is 0.486 e. The van der Waals surface area contributed by atoms with Crippen LogP contribution in [0.1, 0.15) is 24.3 Å². The van der Waals surface area contributed by atoms with Gasteiger partial charge in [0.1, 0.15) is 19.0 Å². The monoisotopic (exact) mass is 259 g/mol. The minimum absolute atomic E-state index is 0.162. The molecule has 0 saturated heterocycles. The lowest BCUT2D eigenvalue weighted by Gasteiger charge is -2.21. The summed E-state index contributed by atoms with van der Waals surface area (Å²) in [5.74, 6) is 2.62. The van der Waals surface area contributed by atoms with Crippen LogP contribution in [0.15, 0.2) is 41.0 Å². The molecule has 1 aliphatic heterocycles. The number of fused-ring (bicyclic) bond motifs is 1. The fourth-order valence-electron chi connectivity index (χ4n) is 2.17. The van der Waals surface area contributed by atoms with E-state index in [-0.39, 0.29) is 6.04 Å². The van der Waals surface area contributed by atoms with Crippen molar-refractivity contribution in [2.45, 2.75) is 19.5 Å². The fourth-order valence-corrected chi connectivity index (χ4v) is 2.17. The van der Waals surface area contributed by atoms with Crippen LogP contribution < -0.4 is 14.8 Å². The Labute approximate surface area is 112 Å². The summed E-state index contributed by atoms with van der Waals surface area (Å²) in [7, 11) is 0. The van der Waals surface area contributed by atoms with Crippen molar-refractivity contribution in [3.63, 3.8) is 0 Å². The molecular formula is C15H17NO3. The Morgan fingerprint density at radius 1 is 1.16 bits per heavy atom. The molecule has 1 N–H and O–H groups in total. The van der Waals surface area contributed by atoms with Gasteiger partial charge in [-0.25, -0.2) is 0 Å². The summed E-state index contributed by atoms with van der Waals surface area (Å²) in [6.45, 7) is 4.02. The van der Waals surface area contributed by atoms with E-state index in [1.54, 1.807) is 6.26 Å². The number of furan rings is 1. The molecule has 3 rings (SSSR count). The average molecular weight is 259 g/mol. The molecule has 2 heterocycles. The molecule has 4 nitrogen and oxygen atoms in total. The summed E-state index contributed by atoms with van der Waals surface area (Å²) >= 11 is 0. The van der Waals surface area contributed by atoms with Gasteiger partial charge in [0.05, 0.1) is 12.3 Å².